The number of hydrogen-bond donors (Lipinski definition) is 0. The van der Waals surface area contributed by atoms with Crippen molar-refractivity contribution in [1.82, 2.24) is 0 Å². The van der Waals surface area contributed by atoms with E-state index in [2.05, 4.69) is 37.8 Å². The zero-order chi connectivity index (χ0) is 15.4. The Balaban J connectivity index is 0.00000441. The molecule has 0 saturated carbocycles. The summed E-state index contributed by atoms with van der Waals surface area (Å²) in [6.45, 7) is 4.78. The van der Waals surface area contributed by atoms with E-state index in [0.29, 0.717) is 0 Å². The van der Waals surface area contributed by atoms with Crippen molar-refractivity contribution >= 4 is 11.3 Å². The lowest BCUT2D eigenvalue weighted by Gasteiger charge is -2.29. The topological polar surface area (TPSA) is 0 Å². The third kappa shape index (κ3) is 11.7. The summed E-state index contributed by atoms with van der Waals surface area (Å²) < 4.78 is 1.13. The molecule has 0 spiro atoms. The van der Waals surface area contributed by atoms with Gasteiger partial charge in [0.1, 0.15) is 6.54 Å². The second kappa shape index (κ2) is 13.6. The first-order valence-electron chi connectivity index (χ1n) is 8.97. The van der Waals surface area contributed by atoms with E-state index >= 15 is 0 Å². The Hall–Kier alpha value is 0.140. The standard InChI is InChI=1S/C19H36NS.BrH/c1-4-5-6-7-8-9-10-11-12-13-15-20(2,3)17-19-14-16-21-18-19;/h14,16,18H,4-13,15,17H2,1-3H3;1H/q+1;/p-1. The van der Waals surface area contributed by atoms with Gasteiger partial charge >= 0.3 is 0 Å². The van der Waals surface area contributed by atoms with E-state index < -0.39 is 0 Å². The molecule has 1 aromatic heterocycles. The second-order valence-electron chi connectivity index (χ2n) is 7.13. The van der Waals surface area contributed by atoms with Gasteiger partial charge in [0.15, 0.2) is 0 Å². The number of nitrogens with zero attached hydrogens (tertiary/aromatic N) is 1. The van der Waals surface area contributed by atoms with E-state index in [4.69, 9.17) is 0 Å². The quantitative estimate of drug-likeness (QED) is 0.358. The molecule has 0 aromatic carbocycles. The minimum Gasteiger partial charge on any atom is -1.00 e. The first-order valence-corrected chi connectivity index (χ1v) is 9.91. The molecule has 0 N–H and O–H groups in total. The van der Waals surface area contributed by atoms with Gasteiger partial charge in [-0.1, -0.05) is 58.3 Å². The van der Waals surface area contributed by atoms with E-state index in [1.54, 1.807) is 0 Å². The molecule has 0 aliphatic carbocycles. The highest BCUT2D eigenvalue weighted by molar-refractivity contribution is 7.07. The van der Waals surface area contributed by atoms with Crippen LogP contribution in [0.4, 0.5) is 0 Å². The van der Waals surface area contributed by atoms with Crippen LogP contribution in [0.15, 0.2) is 16.8 Å². The van der Waals surface area contributed by atoms with Crippen molar-refractivity contribution in [2.75, 3.05) is 20.6 Å². The summed E-state index contributed by atoms with van der Waals surface area (Å²) in [4.78, 5) is 0. The van der Waals surface area contributed by atoms with Crippen LogP contribution >= 0.6 is 11.3 Å². The summed E-state index contributed by atoms with van der Waals surface area (Å²) >= 11 is 1.81. The number of hydrogen-bond acceptors (Lipinski definition) is 1. The summed E-state index contributed by atoms with van der Waals surface area (Å²) in [6, 6.07) is 2.27. The lowest BCUT2D eigenvalue weighted by atomic mass is 10.1. The van der Waals surface area contributed by atoms with Gasteiger partial charge in [0, 0.05) is 5.56 Å². The van der Waals surface area contributed by atoms with Crippen molar-refractivity contribution in [2.45, 2.75) is 77.7 Å². The molecule has 0 aliphatic rings. The molecule has 130 valence electrons. The normalized spacial score (nSPS) is 11.4. The van der Waals surface area contributed by atoms with E-state index in [9.17, 15) is 0 Å². The molecule has 0 unspecified atom stereocenters. The Morgan fingerprint density at radius 1 is 0.864 bits per heavy atom. The zero-order valence-corrected chi connectivity index (χ0v) is 17.4. The molecule has 1 heterocycles. The summed E-state index contributed by atoms with van der Waals surface area (Å²) in [5.41, 5.74) is 1.50. The van der Waals surface area contributed by atoms with Crippen LogP contribution in [-0.2, 0) is 6.54 Å². The van der Waals surface area contributed by atoms with E-state index in [1.807, 2.05) is 11.3 Å². The molecule has 1 nitrogen and oxygen atoms in total. The van der Waals surface area contributed by atoms with Gasteiger partial charge in [-0.2, -0.15) is 11.3 Å². The molecular formula is C19H36BrNS. The van der Waals surface area contributed by atoms with Crippen molar-refractivity contribution in [2.24, 2.45) is 0 Å². The summed E-state index contributed by atoms with van der Waals surface area (Å²) in [7, 11) is 4.73. The molecule has 0 amide bonds. The van der Waals surface area contributed by atoms with Gasteiger partial charge in [-0.3, -0.25) is 0 Å². The average molecular weight is 390 g/mol. The monoisotopic (exact) mass is 389 g/mol. The number of quaternary nitrogens is 1. The van der Waals surface area contributed by atoms with Crippen LogP contribution in [0, 0.1) is 0 Å². The van der Waals surface area contributed by atoms with Gasteiger partial charge in [0.2, 0.25) is 0 Å². The predicted molar refractivity (Wildman–Crippen MR) is 96.8 cm³/mol. The maximum absolute atomic E-state index is 2.37. The fourth-order valence-electron chi connectivity index (χ4n) is 2.98. The van der Waals surface area contributed by atoms with Gasteiger partial charge in [-0.25, -0.2) is 0 Å². The molecule has 0 fully saturated rings. The molecule has 0 aliphatic heterocycles. The maximum Gasteiger partial charge on any atom is 0.105 e. The number of unbranched alkanes of at least 4 members (excludes halogenated alkanes) is 9. The molecule has 0 atom stereocenters. The van der Waals surface area contributed by atoms with Crippen molar-refractivity contribution in [1.29, 1.82) is 0 Å². The summed E-state index contributed by atoms with van der Waals surface area (Å²) in [6.07, 6.45) is 14.3. The van der Waals surface area contributed by atoms with Gasteiger partial charge < -0.3 is 21.5 Å². The molecule has 0 saturated heterocycles. The van der Waals surface area contributed by atoms with Crippen LogP contribution < -0.4 is 17.0 Å². The second-order valence-corrected chi connectivity index (χ2v) is 7.91. The first-order chi connectivity index (χ1) is 10.1. The predicted octanol–water partition coefficient (Wildman–Crippen LogP) is 3.25. The number of halogens is 1. The zero-order valence-electron chi connectivity index (χ0n) is 15.0. The van der Waals surface area contributed by atoms with Crippen LogP contribution in [-0.4, -0.2) is 25.1 Å². The molecule has 1 aromatic rings. The smallest absolute Gasteiger partial charge is 0.105 e. The van der Waals surface area contributed by atoms with Crippen molar-refractivity contribution in [3.63, 3.8) is 0 Å². The van der Waals surface area contributed by atoms with E-state index in [1.165, 1.54) is 82.9 Å². The van der Waals surface area contributed by atoms with Crippen LogP contribution in [0.3, 0.4) is 0 Å². The summed E-state index contributed by atoms with van der Waals surface area (Å²) in [5, 5.41) is 4.48. The first kappa shape index (κ1) is 22.1. The lowest BCUT2D eigenvalue weighted by Crippen LogP contribution is -3.00. The van der Waals surface area contributed by atoms with Gasteiger partial charge in [0.05, 0.1) is 20.6 Å². The molecule has 0 bridgehead atoms. The Morgan fingerprint density at radius 3 is 1.91 bits per heavy atom. The van der Waals surface area contributed by atoms with E-state index in [-0.39, 0.29) is 17.0 Å². The SMILES string of the molecule is CCCCCCCCCCCC[N+](C)(C)Cc1ccsc1.[Br-]. The van der Waals surface area contributed by atoms with Crippen LogP contribution in [0.5, 0.6) is 0 Å². The highest BCUT2D eigenvalue weighted by Gasteiger charge is 2.15. The highest BCUT2D eigenvalue weighted by atomic mass is 79.9. The van der Waals surface area contributed by atoms with Crippen molar-refractivity contribution in [3.05, 3.63) is 22.4 Å². The Morgan fingerprint density at radius 2 is 1.41 bits per heavy atom. The average Bonchev–Trinajstić information content (AvgIpc) is 2.93. The number of thiophene rings is 1. The minimum atomic E-state index is 0. The summed E-state index contributed by atoms with van der Waals surface area (Å²) in [5.74, 6) is 0. The molecule has 22 heavy (non-hydrogen) atoms. The third-order valence-corrected chi connectivity index (χ3v) is 5.04. The maximum atomic E-state index is 2.37. The molecule has 1 rings (SSSR count). The van der Waals surface area contributed by atoms with Crippen LogP contribution in [0.2, 0.25) is 0 Å². The van der Waals surface area contributed by atoms with Crippen LogP contribution in [0.25, 0.3) is 0 Å². The molecule has 3 heteroatoms. The Labute approximate surface area is 153 Å². The molecular weight excluding hydrogens is 354 g/mol. The Kier molecular flexibility index (Phi) is 13.7. The van der Waals surface area contributed by atoms with Crippen molar-refractivity contribution in [3.8, 4) is 0 Å². The highest BCUT2D eigenvalue weighted by Crippen LogP contribution is 2.15. The largest absolute Gasteiger partial charge is 1.00 e. The number of rotatable bonds is 13. The third-order valence-electron chi connectivity index (χ3n) is 4.31. The van der Waals surface area contributed by atoms with Crippen molar-refractivity contribution < 1.29 is 21.5 Å². The fourth-order valence-corrected chi connectivity index (χ4v) is 3.64. The molecule has 0 radical (unpaired) electrons. The lowest BCUT2D eigenvalue weighted by molar-refractivity contribution is -0.903. The van der Waals surface area contributed by atoms with Gasteiger partial charge in [-0.05, 0) is 29.7 Å². The van der Waals surface area contributed by atoms with E-state index in [0.717, 1.165) is 4.48 Å². The van der Waals surface area contributed by atoms with Crippen LogP contribution in [0.1, 0.15) is 76.7 Å². The Bertz CT molecular complexity index is 335. The van der Waals surface area contributed by atoms with Gasteiger partial charge in [-0.15, -0.1) is 0 Å². The minimum absolute atomic E-state index is 0. The van der Waals surface area contributed by atoms with Gasteiger partial charge in [0.25, 0.3) is 0 Å². The fraction of sp³-hybridized carbons (Fsp3) is 0.789.